The second-order valence-corrected chi connectivity index (χ2v) is 11.0. The van der Waals surface area contributed by atoms with Gasteiger partial charge < -0.3 is 4.98 Å². The number of aryl methyl sites for hydroxylation is 1. The van der Waals surface area contributed by atoms with E-state index >= 15 is 0 Å². The third kappa shape index (κ3) is 4.40. The van der Waals surface area contributed by atoms with Crippen LogP contribution in [0.2, 0.25) is 4.34 Å². The summed E-state index contributed by atoms with van der Waals surface area (Å²) in [5, 5.41) is 8.08. The lowest BCUT2D eigenvalue weighted by Crippen LogP contribution is -2.34. The zero-order chi connectivity index (χ0) is 23.0. The van der Waals surface area contributed by atoms with E-state index in [0.717, 1.165) is 21.5 Å². The Balaban J connectivity index is 1.56. The van der Waals surface area contributed by atoms with E-state index in [1.807, 2.05) is 6.92 Å². The van der Waals surface area contributed by atoms with Crippen LogP contribution < -0.4 is 11.2 Å². The summed E-state index contributed by atoms with van der Waals surface area (Å²) >= 11 is 6.64. The number of H-pyrrole nitrogens is 1. The highest BCUT2D eigenvalue weighted by atomic mass is 35.5. The standard InChI is InChI=1S/C20H15ClN4O5S2/c1-11-2-4-14-15(8-11)22-20(28)25(19(14)27)17-6-3-12(23-24-17)9-13(26)10-32(29,30)18-7-5-16(21)31-18/h2-8H,9-10H2,1H3,(H,22,28). The summed E-state index contributed by atoms with van der Waals surface area (Å²) in [6.07, 6.45) is -0.270. The van der Waals surface area contributed by atoms with Crippen molar-refractivity contribution in [1.82, 2.24) is 19.7 Å². The van der Waals surface area contributed by atoms with Gasteiger partial charge in [-0.1, -0.05) is 17.7 Å². The van der Waals surface area contributed by atoms with Gasteiger partial charge in [0, 0.05) is 0 Å². The Bertz CT molecular complexity index is 1570. The van der Waals surface area contributed by atoms with Crippen LogP contribution in [0.4, 0.5) is 0 Å². The van der Waals surface area contributed by atoms with Crippen LogP contribution >= 0.6 is 22.9 Å². The maximum Gasteiger partial charge on any atom is 0.334 e. The van der Waals surface area contributed by atoms with Gasteiger partial charge in [-0.25, -0.2) is 17.8 Å². The smallest absolute Gasteiger partial charge is 0.306 e. The van der Waals surface area contributed by atoms with Gasteiger partial charge in [-0.3, -0.25) is 9.59 Å². The van der Waals surface area contributed by atoms with E-state index in [1.165, 1.54) is 24.3 Å². The summed E-state index contributed by atoms with van der Waals surface area (Å²) < 4.78 is 25.8. The van der Waals surface area contributed by atoms with Crippen molar-refractivity contribution in [2.24, 2.45) is 0 Å². The van der Waals surface area contributed by atoms with E-state index in [2.05, 4.69) is 15.2 Å². The van der Waals surface area contributed by atoms with Gasteiger partial charge in [-0.05, 0) is 48.9 Å². The molecule has 12 heteroatoms. The van der Waals surface area contributed by atoms with E-state index in [0.29, 0.717) is 15.2 Å². The average Bonchev–Trinajstić information content (AvgIpc) is 3.16. The number of rotatable bonds is 6. The minimum atomic E-state index is -3.80. The molecule has 0 saturated heterocycles. The fourth-order valence-corrected chi connectivity index (χ4v) is 5.92. The van der Waals surface area contributed by atoms with Crippen molar-refractivity contribution < 1.29 is 13.2 Å². The van der Waals surface area contributed by atoms with Crippen LogP contribution in [0.5, 0.6) is 0 Å². The maximum absolute atomic E-state index is 12.8. The van der Waals surface area contributed by atoms with E-state index in [-0.39, 0.29) is 22.1 Å². The molecule has 1 N–H and O–H groups in total. The van der Waals surface area contributed by atoms with Crippen molar-refractivity contribution in [3.63, 3.8) is 0 Å². The number of thiophene rings is 1. The molecule has 0 aliphatic heterocycles. The normalized spacial score (nSPS) is 11.7. The first-order chi connectivity index (χ1) is 15.1. The van der Waals surface area contributed by atoms with Gasteiger partial charge in [0.2, 0.25) is 0 Å². The zero-order valence-electron chi connectivity index (χ0n) is 16.5. The Kier molecular flexibility index (Phi) is 5.80. The van der Waals surface area contributed by atoms with Gasteiger partial charge in [0.1, 0.15) is 9.96 Å². The molecule has 0 aliphatic carbocycles. The summed E-state index contributed by atoms with van der Waals surface area (Å²) in [6, 6.07) is 10.7. The number of halogens is 1. The van der Waals surface area contributed by atoms with Gasteiger partial charge in [0.05, 0.1) is 27.4 Å². The molecule has 0 bridgehead atoms. The van der Waals surface area contributed by atoms with Crippen LogP contribution in [0.15, 0.2) is 56.3 Å². The Morgan fingerprint density at radius 1 is 1.12 bits per heavy atom. The first-order valence-corrected chi connectivity index (χ1v) is 12.1. The molecule has 0 amide bonds. The number of ketones is 1. The molecule has 4 aromatic rings. The number of sulfone groups is 1. The van der Waals surface area contributed by atoms with Crippen LogP contribution in [0.25, 0.3) is 16.7 Å². The molecule has 3 aromatic heterocycles. The number of fused-ring (bicyclic) bond motifs is 1. The van der Waals surface area contributed by atoms with Crippen molar-refractivity contribution in [2.75, 3.05) is 5.75 Å². The molecular weight excluding hydrogens is 476 g/mol. The number of aromatic amines is 1. The number of aromatic nitrogens is 4. The third-order valence-corrected chi connectivity index (χ3v) is 8.06. The van der Waals surface area contributed by atoms with Gasteiger partial charge >= 0.3 is 5.69 Å². The largest absolute Gasteiger partial charge is 0.334 e. The molecule has 9 nitrogen and oxygen atoms in total. The number of carbonyl (C=O) groups is 1. The van der Waals surface area contributed by atoms with Crippen molar-refractivity contribution in [1.29, 1.82) is 0 Å². The minimum Gasteiger partial charge on any atom is -0.306 e. The summed E-state index contributed by atoms with van der Waals surface area (Å²) in [4.78, 5) is 40.1. The lowest BCUT2D eigenvalue weighted by molar-refractivity contribution is -0.116. The van der Waals surface area contributed by atoms with E-state index in [9.17, 15) is 22.8 Å². The number of carbonyl (C=O) groups excluding carboxylic acids is 1. The van der Waals surface area contributed by atoms with Gasteiger partial charge in [-0.15, -0.1) is 16.4 Å². The Hall–Kier alpha value is -3.15. The quantitative estimate of drug-likeness (QED) is 0.437. The second kappa shape index (κ2) is 8.41. The van der Waals surface area contributed by atoms with Gasteiger partial charge in [-0.2, -0.15) is 5.10 Å². The molecule has 0 spiro atoms. The highest BCUT2D eigenvalue weighted by Gasteiger charge is 2.22. The first kappa shape index (κ1) is 22.1. The lowest BCUT2D eigenvalue weighted by atomic mass is 10.2. The monoisotopic (exact) mass is 490 g/mol. The zero-order valence-corrected chi connectivity index (χ0v) is 18.9. The molecule has 3 heterocycles. The number of hydrogen-bond acceptors (Lipinski definition) is 8. The van der Waals surface area contributed by atoms with E-state index < -0.39 is 32.6 Å². The third-order valence-electron chi connectivity index (χ3n) is 4.57. The molecule has 32 heavy (non-hydrogen) atoms. The summed E-state index contributed by atoms with van der Waals surface area (Å²) in [7, 11) is -3.80. The Morgan fingerprint density at radius 3 is 2.56 bits per heavy atom. The number of hydrogen-bond donors (Lipinski definition) is 1. The van der Waals surface area contributed by atoms with E-state index in [1.54, 1.807) is 18.2 Å². The fourth-order valence-electron chi connectivity index (χ4n) is 3.11. The molecule has 0 unspecified atom stereocenters. The Morgan fingerprint density at radius 2 is 1.91 bits per heavy atom. The molecule has 0 radical (unpaired) electrons. The average molecular weight is 491 g/mol. The predicted molar refractivity (Wildman–Crippen MR) is 121 cm³/mol. The summed E-state index contributed by atoms with van der Waals surface area (Å²) in [5.74, 6) is -1.29. The Labute approximate surface area is 190 Å². The SMILES string of the molecule is Cc1ccc2c(=O)n(-c3ccc(CC(=O)CS(=O)(=O)c4ccc(Cl)s4)nn3)c(=O)[nH]c2c1. The predicted octanol–water partition coefficient (Wildman–Crippen LogP) is 2.08. The summed E-state index contributed by atoms with van der Waals surface area (Å²) in [6.45, 7) is 1.84. The van der Waals surface area contributed by atoms with E-state index in [4.69, 9.17) is 11.6 Å². The van der Waals surface area contributed by atoms with Crippen LogP contribution in [0.1, 0.15) is 11.3 Å². The van der Waals surface area contributed by atoms with Gasteiger partial charge in [0.15, 0.2) is 21.4 Å². The number of benzene rings is 1. The maximum atomic E-state index is 12.8. The number of nitrogens with zero attached hydrogens (tertiary/aromatic N) is 3. The topological polar surface area (TPSA) is 132 Å². The lowest BCUT2D eigenvalue weighted by Gasteiger charge is -2.06. The highest BCUT2D eigenvalue weighted by Crippen LogP contribution is 2.26. The van der Waals surface area contributed by atoms with Crippen LogP contribution in [0.3, 0.4) is 0 Å². The molecule has 1 aromatic carbocycles. The first-order valence-electron chi connectivity index (χ1n) is 9.22. The van der Waals surface area contributed by atoms with Crippen molar-refractivity contribution in [2.45, 2.75) is 17.6 Å². The molecule has 0 saturated carbocycles. The molecular formula is C20H15ClN4O5S2. The fraction of sp³-hybridized carbons (Fsp3) is 0.150. The number of Topliss-reactive ketones (excluding diaryl/α,β-unsaturated/α-hetero) is 1. The van der Waals surface area contributed by atoms with Crippen molar-refractivity contribution in [3.05, 3.63) is 78.9 Å². The molecule has 0 atom stereocenters. The molecule has 0 fully saturated rings. The van der Waals surface area contributed by atoms with Crippen LogP contribution in [-0.2, 0) is 21.1 Å². The van der Waals surface area contributed by atoms with Crippen molar-refractivity contribution in [3.8, 4) is 5.82 Å². The number of nitrogens with one attached hydrogen (secondary N) is 1. The van der Waals surface area contributed by atoms with Crippen LogP contribution in [0, 0.1) is 6.92 Å². The molecule has 0 aliphatic rings. The van der Waals surface area contributed by atoms with Crippen LogP contribution in [-0.4, -0.2) is 39.7 Å². The summed E-state index contributed by atoms with van der Waals surface area (Å²) in [5.41, 5.74) is 0.288. The highest BCUT2D eigenvalue weighted by molar-refractivity contribution is 7.94. The molecule has 4 rings (SSSR count). The molecule has 164 valence electrons. The minimum absolute atomic E-state index is 0.0161. The van der Waals surface area contributed by atoms with Gasteiger partial charge in [0.25, 0.3) is 5.56 Å². The second-order valence-electron chi connectivity index (χ2n) is 7.04. The van der Waals surface area contributed by atoms with Crippen molar-refractivity contribution >= 4 is 49.5 Å².